The van der Waals surface area contributed by atoms with E-state index < -0.39 is 22.5 Å². The van der Waals surface area contributed by atoms with Gasteiger partial charge < -0.3 is 19.2 Å². The Kier molecular flexibility index (Phi) is 7.38. The highest BCUT2D eigenvalue weighted by Gasteiger charge is 2.15. The van der Waals surface area contributed by atoms with E-state index in [2.05, 4.69) is 20.2 Å². The molecule has 2 N–H and O–H groups in total. The first-order valence-electron chi connectivity index (χ1n) is 10.5. The molecule has 3 aromatic carbocycles. The van der Waals surface area contributed by atoms with Crippen molar-refractivity contribution in [3.63, 3.8) is 0 Å². The lowest BCUT2D eigenvalue weighted by Gasteiger charge is -2.09. The normalized spacial score (nSPS) is 11.1. The molecule has 0 saturated heterocycles. The molecule has 1 aromatic heterocycles. The molecule has 0 aliphatic carbocycles. The maximum absolute atomic E-state index is 12.2. The van der Waals surface area contributed by atoms with Gasteiger partial charge in [-0.2, -0.15) is 0 Å². The quantitative estimate of drug-likeness (QED) is 0.343. The molecule has 1 amide bonds. The fraction of sp³-hybridized carbons (Fsp3) is 0.125. The third-order valence-electron chi connectivity index (χ3n) is 4.76. The molecule has 0 fully saturated rings. The molecule has 0 bridgehead atoms. The number of nitrogens with one attached hydrogen (secondary N) is 2. The van der Waals surface area contributed by atoms with Crippen LogP contribution in [0.25, 0.3) is 11.5 Å². The fourth-order valence-corrected chi connectivity index (χ4v) is 4.02. The van der Waals surface area contributed by atoms with Crippen LogP contribution in [0.4, 0.5) is 5.69 Å². The van der Waals surface area contributed by atoms with E-state index in [-0.39, 0.29) is 17.4 Å². The topological polar surface area (TPSA) is 133 Å². The van der Waals surface area contributed by atoms with Crippen molar-refractivity contribution in [3.8, 4) is 23.0 Å². The summed E-state index contributed by atoms with van der Waals surface area (Å²) < 4.78 is 43.2. The molecule has 4 rings (SSSR count). The summed E-state index contributed by atoms with van der Waals surface area (Å²) in [5, 5.41) is 10.6. The zero-order chi connectivity index (χ0) is 24.7. The van der Waals surface area contributed by atoms with E-state index in [4.69, 9.17) is 13.9 Å². The van der Waals surface area contributed by atoms with Crippen LogP contribution in [0.5, 0.6) is 11.5 Å². The number of nitrogens with zero attached hydrogens (tertiary/aromatic N) is 2. The molecule has 0 spiro atoms. The largest absolute Gasteiger partial charge is 0.497 e. The van der Waals surface area contributed by atoms with Gasteiger partial charge in [-0.15, -0.1) is 10.2 Å². The lowest BCUT2D eigenvalue weighted by atomic mass is 10.2. The number of ether oxygens (including phenoxy) is 2. The number of sulfonamides is 1. The number of anilines is 1. The number of hydrogen-bond acceptors (Lipinski definition) is 8. The van der Waals surface area contributed by atoms with Gasteiger partial charge in [0.1, 0.15) is 11.5 Å². The predicted molar refractivity (Wildman–Crippen MR) is 127 cm³/mol. The van der Waals surface area contributed by atoms with Crippen molar-refractivity contribution in [2.24, 2.45) is 0 Å². The van der Waals surface area contributed by atoms with E-state index in [1.165, 1.54) is 12.1 Å². The minimum absolute atomic E-state index is 0.0252. The number of carbonyl (C=O) groups is 1. The molecular weight excluding hydrogens is 472 g/mol. The number of benzene rings is 3. The molecule has 1 heterocycles. The van der Waals surface area contributed by atoms with E-state index in [1.54, 1.807) is 61.7 Å². The summed E-state index contributed by atoms with van der Waals surface area (Å²) in [5.41, 5.74) is 1.19. The Labute approximate surface area is 202 Å². The van der Waals surface area contributed by atoms with Gasteiger partial charge in [0, 0.05) is 17.3 Å². The van der Waals surface area contributed by atoms with Crippen molar-refractivity contribution < 1.29 is 27.1 Å². The van der Waals surface area contributed by atoms with Crippen LogP contribution in [0.2, 0.25) is 0 Å². The van der Waals surface area contributed by atoms with Gasteiger partial charge in [-0.05, 0) is 48.5 Å². The monoisotopic (exact) mass is 494 g/mol. The molecule has 180 valence electrons. The van der Waals surface area contributed by atoms with Crippen LogP contribution in [0.1, 0.15) is 5.89 Å². The molecule has 10 nitrogen and oxygen atoms in total. The van der Waals surface area contributed by atoms with E-state index >= 15 is 0 Å². The Hall–Kier alpha value is -4.22. The molecule has 35 heavy (non-hydrogen) atoms. The molecule has 0 atom stereocenters. The standard InChI is InChI=1S/C24H22N4O6S/c1-32-19-12-10-17(11-13-19)24-28-27-23(34-24)16-33-20-7-5-6-18(14-20)26-22(29)15-25-35(30,31)21-8-3-2-4-9-21/h2-14,25H,15-16H2,1H3,(H,26,29). The van der Waals surface area contributed by atoms with Crippen molar-refractivity contribution in [1.29, 1.82) is 0 Å². The highest BCUT2D eigenvalue weighted by atomic mass is 32.2. The van der Waals surface area contributed by atoms with Gasteiger partial charge in [0.25, 0.3) is 5.89 Å². The smallest absolute Gasteiger partial charge is 0.254 e. The van der Waals surface area contributed by atoms with Gasteiger partial charge in [-0.1, -0.05) is 24.3 Å². The number of carbonyl (C=O) groups excluding carboxylic acids is 1. The van der Waals surface area contributed by atoms with E-state index in [0.29, 0.717) is 17.3 Å². The Balaban J connectivity index is 1.30. The van der Waals surface area contributed by atoms with Crippen LogP contribution in [0.15, 0.2) is 88.2 Å². The maximum Gasteiger partial charge on any atom is 0.254 e. The number of rotatable bonds is 10. The Morgan fingerprint density at radius 1 is 0.943 bits per heavy atom. The Bertz CT molecular complexity index is 1390. The van der Waals surface area contributed by atoms with Gasteiger partial charge in [0.2, 0.25) is 21.8 Å². The van der Waals surface area contributed by atoms with Crippen molar-refractivity contribution in [2.45, 2.75) is 11.5 Å². The highest BCUT2D eigenvalue weighted by molar-refractivity contribution is 7.89. The Morgan fingerprint density at radius 3 is 2.46 bits per heavy atom. The van der Waals surface area contributed by atoms with Gasteiger partial charge in [-0.25, -0.2) is 13.1 Å². The summed E-state index contributed by atoms with van der Waals surface area (Å²) in [5.74, 6) is 1.28. The van der Waals surface area contributed by atoms with Crippen LogP contribution < -0.4 is 19.5 Å². The molecule has 0 radical (unpaired) electrons. The first kappa shape index (κ1) is 23.9. The van der Waals surface area contributed by atoms with Crippen LogP contribution >= 0.6 is 0 Å². The van der Waals surface area contributed by atoms with Crippen molar-refractivity contribution >= 4 is 21.6 Å². The summed E-state index contributed by atoms with van der Waals surface area (Å²) in [6.45, 7) is -0.393. The highest BCUT2D eigenvalue weighted by Crippen LogP contribution is 2.22. The third-order valence-corrected chi connectivity index (χ3v) is 6.18. The summed E-state index contributed by atoms with van der Waals surface area (Å²) in [7, 11) is -2.19. The molecule has 0 aliphatic heterocycles. The summed E-state index contributed by atoms with van der Waals surface area (Å²) >= 11 is 0. The Morgan fingerprint density at radius 2 is 1.71 bits per heavy atom. The van der Waals surface area contributed by atoms with E-state index in [9.17, 15) is 13.2 Å². The van der Waals surface area contributed by atoms with Crippen molar-refractivity contribution in [1.82, 2.24) is 14.9 Å². The number of amides is 1. The summed E-state index contributed by atoms with van der Waals surface area (Å²) in [4.78, 5) is 12.3. The van der Waals surface area contributed by atoms with Crippen molar-refractivity contribution in [3.05, 3.63) is 84.8 Å². The van der Waals surface area contributed by atoms with Crippen LogP contribution in [-0.2, 0) is 21.4 Å². The minimum atomic E-state index is -3.78. The number of hydrogen-bond donors (Lipinski definition) is 2. The lowest BCUT2D eigenvalue weighted by Crippen LogP contribution is -2.32. The lowest BCUT2D eigenvalue weighted by molar-refractivity contribution is -0.115. The molecule has 0 unspecified atom stereocenters. The second-order valence-corrected chi connectivity index (χ2v) is 9.00. The first-order chi connectivity index (χ1) is 16.9. The van der Waals surface area contributed by atoms with Gasteiger partial charge in [-0.3, -0.25) is 4.79 Å². The van der Waals surface area contributed by atoms with Gasteiger partial charge >= 0.3 is 0 Å². The summed E-state index contributed by atoms with van der Waals surface area (Å²) in [6.07, 6.45) is 0. The van der Waals surface area contributed by atoms with E-state index in [1.807, 2.05) is 12.1 Å². The van der Waals surface area contributed by atoms with Crippen LogP contribution in [-0.4, -0.2) is 38.2 Å². The van der Waals surface area contributed by atoms with Crippen molar-refractivity contribution in [2.75, 3.05) is 19.0 Å². The average Bonchev–Trinajstić information content (AvgIpc) is 3.36. The minimum Gasteiger partial charge on any atom is -0.497 e. The zero-order valence-electron chi connectivity index (χ0n) is 18.7. The number of aromatic nitrogens is 2. The SMILES string of the molecule is COc1ccc(-c2nnc(COc3cccc(NC(=O)CNS(=O)(=O)c4ccccc4)c3)o2)cc1. The van der Waals surface area contributed by atoms with E-state index in [0.717, 1.165) is 11.3 Å². The zero-order valence-corrected chi connectivity index (χ0v) is 19.5. The molecule has 11 heteroatoms. The van der Waals surface area contributed by atoms with Crippen LogP contribution in [0, 0.1) is 0 Å². The van der Waals surface area contributed by atoms with Gasteiger partial charge in [0.05, 0.1) is 18.6 Å². The van der Waals surface area contributed by atoms with Crippen LogP contribution in [0.3, 0.4) is 0 Å². The molecule has 4 aromatic rings. The fourth-order valence-electron chi connectivity index (χ4n) is 3.02. The molecule has 0 saturated carbocycles. The summed E-state index contributed by atoms with van der Waals surface area (Å²) in [6, 6.07) is 21.7. The third kappa shape index (κ3) is 6.43. The predicted octanol–water partition coefficient (Wildman–Crippen LogP) is 3.24. The second-order valence-electron chi connectivity index (χ2n) is 7.23. The maximum atomic E-state index is 12.2. The average molecular weight is 495 g/mol. The molecule has 0 aliphatic rings. The molecular formula is C24H22N4O6S. The second kappa shape index (κ2) is 10.8. The number of methoxy groups -OCH3 is 1. The first-order valence-corrected chi connectivity index (χ1v) is 12.0. The van der Waals surface area contributed by atoms with Gasteiger partial charge in [0.15, 0.2) is 6.61 Å².